The van der Waals surface area contributed by atoms with Crippen molar-refractivity contribution >= 4 is 17.7 Å². The number of esters is 1. The van der Waals surface area contributed by atoms with Gasteiger partial charge in [-0.15, -0.1) is 11.8 Å². The molecule has 0 aliphatic rings. The van der Waals surface area contributed by atoms with E-state index in [-0.39, 0.29) is 16.8 Å². The number of unbranched alkanes of at least 4 members (excludes halogenated alkanes) is 15. The molecule has 0 radical (unpaired) electrons. The largest absolute Gasteiger partial charge is 0.465 e. The summed E-state index contributed by atoms with van der Waals surface area (Å²) in [5.74, 6) is 1.21. The summed E-state index contributed by atoms with van der Waals surface area (Å²) in [4.78, 5) is 12.2. The first-order chi connectivity index (χ1) is 18.0. The topological polar surface area (TPSA) is 26.3 Å². The molecule has 3 heteroatoms. The van der Waals surface area contributed by atoms with Crippen LogP contribution in [0.2, 0.25) is 0 Å². The van der Waals surface area contributed by atoms with Gasteiger partial charge in [0.1, 0.15) is 0 Å². The summed E-state index contributed by atoms with van der Waals surface area (Å²) in [6.07, 6.45) is 21.7. The van der Waals surface area contributed by atoms with Crippen molar-refractivity contribution < 1.29 is 9.53 Å². The summed E-state index contributed by atoms with van der Waals surface area (Å²) >= 11 is 1.67. The lowest BCUT2D eigenvalue weighted by Gasteiger charge is -2.26. The standard InChI is InChI=1S/C35H62O2S/c1-8-9-10-11-12-13-14-15-16-17-18-19-20-21-22-23-24-37-33(36)29-38-28-30-25-31(34(2,3)4)27-32(26-30)35(5,6)7/h25-27H,8-24,28-29H2,1-7H3. The molecule has 1 rings (SSSR count). The molecule has 0 aromatic heterocycles. The summed E-state index contributed by atoms with van der Waals surface area (Å²) in [5, 5.41) is 0. The minimum Gasteiger partial charge on any atom is -0.465 e. The van der Waals surface area contributed by atoms with E-state index in [9.17, 15) is 4.79 Å². The minimum atomic E-state index is -0.0704. The highest BCUT2D eigenvalue weighted by Crippen LogP contribution is 2.31. The molecule has 0 fully saturated rings. The van der Waals surface area contributed by atoms with Crippen LogP contribution in [0.1, 0.15) is 168 Å². The average Bonchev–Trinajstić information content (AvgIpc) is 2.84. The van der Waals surface area contributed by atoms with Gasteiger partial charge in [0.15, 0.2) is 0 Å². The molecule has 0 bridgehead atoms. The number of hydrogen-bond acceptors (Lipinski definition) is 3. The Labute approximate surface area is 241 Å². The Morgan fingerprint density at radius 3 is 1.42 bits per heavy atom. The molecule has 0 amide bonds. The molecule has 1 aromatic carbocycles. The second-order valence-electron chi connectivity index (χ2n) is 13.4. The lowest BCUT2D eigenvalue weighted by molar-refractivity contribution is -0.140. The summed E-state index contributed by atoms with van der Waals surface area (Å²) < 4.78 is 5.50. The average molecular weight is 547 g/mol. The first-order valence-electron chi connectivity index (χ1n) is 15.9. The molecule has 0 saturated heterocycles. The van der Waals surface area contributed by atoms with Crippen LogP contribution in [0.5, 0.6) is 0 Å². The van der Waals surface area contributed by atoms with Crippen molar-refractivity contribution in [3.8, 4) is 0 Å². The fourth-order valence-corrected chi connectivity index (χ4v) is 5.53. The van der Waals surface area contributed by atoms with Crippen molar-refractivity contribution in [1.82, 2.24) is 0 Å². The molecule has 0 aliphatic carbocycles. The van der Waals surface area contributed by atoms with Gasteiger partial charge in [-0.1, -0.05) is 163 Å². The van der Waals surface area contributed by atoms with Gasteiger partial charge in [-0.3, -0.25) is 4.79 Å². The Kier molecular flexibility index (Phi) is 18.5. The predicted octanol–water partition coefficient (Wildman–Crippen LogP) is 11.3. The fourth-order valence-electron chi connectivity index (χ4n) is 4.77. The van der Waals surface area contributed by atoms with E-state index >= 15 is 0 Å². The SMILES string of the molecule is CCCCCCCCCCCCCCCCCCOC(=O)CSCc1cc(C(C)(C)C)cc(C(C)(C)C)c1. The van der Waals surface area contributed by atoms with Crippen LogP contribution in [-0.2, 0) is 26.1 Å². The van der Waals surface area contributed by atoms with E-state index in [1.54, 1.807) is 11.8 Å². The first kappa shape index (κ1) is 35.1. The zero-order valence-electron chi connectivity index (χ0n) is 26.4. The minimum absolute atomic E-state index is 0.0704. The smallest absolute Gasteiger partial charge is 0.315 e. The lowest BCUT2D eigenvalue weighted by Crippen LogP contribution is -2.17. The summed E-state index contributed by atoms with van der Waals surface area (Å²) in [7, 11) is 0. The van der Waals surface area contributed by atoms with Gasteiger partial charge < -0.3 is 4.74 Å². The van der Waals surface area contributed by atoms with Gasteiger partial charge >= 0.3 is 5.97 Å². The van der Waals surface area contributed by atoms with Crippen molar-refractivity contribution in [2.45, 2.75) is 168 Å². The molecule has 1 aromatic rings. The van der Waals surface area contributed by atoms with Gasteiger partial charge in [0.2, 0.25) is 0 Å². The van der Waals surface area contributed by atoms with Gasteiger partial charge in [-0.05, 0) is 33.9 Å². The lowest BCUT2D eigenvalue weighted by atomic mass is 9.80. The molecule has 220 valence electrons. The second kappa shape index (κ2) is 20.0. The Bertz CT molecular complexity index is 709. The van der Waals surface area contributed by atoms with Crippen molar-refractivity contribution in [2.75, 3.05) is 12.4 Å². The van der Waals surface area contributed by atoms with Crippen LogP contribution in [0.25, 0.3) is 0 Å². The molecular formula is C35H62O2S. The summed E-state index contributed by atoms with van der Waals surface area (Å²) in [6.45, 7) is 16.5. The number of rotatable bonds is 21. The fraction of sp³-hybridized carbons (Fsp3) is 0.800. The number of benzene rings is 1. The van der Waals surface area contributed by atoms with Crippen molar-refractivity contribution in [3.63, 3.8) is 0 Å². The number of carbonyl (C=O) groups excluding carboxylic acids is 1. The van der Waals surface area contributed by atoms with Crippen LogP contribution < -0.4 is 0 Å². The number of carbonyl (C=O) groups is 1. The first-order valence-corrected chi connectivity index (χ1v) is 17.1. The van der Waals surface area contributed by atoms with E-state index in [0.717, 1.165) is 12.2 Å². The summed E-state index contributed by atoms with van der Waals surface area (Å²) in [6, 6.07) is 6.97. The Morgan fingerprint density at radius 1 is 0.632 bits per heavy atom. The van der Waals surface area contributed by atoms with E-state index in [1.807, 2.05) is 0 Å². The van der Waals surface area contributed by atoms with Gasteiger partial charge in [0.25, 0.3) is 0 Å². The molecule has 38 heavy (non-hydrogen) atoms. The van der Waals surface area contributed by atoms with Gasteiger partial charge in [-0.2, -0.15) is 0 Å². The van der Waals surface area contributed by atoms with E-state index in [1.165, 1.54) is 113 Å². The molecule has 0 unspecified atom stereocenters. The highest BCUT2D eigenvalue weighted by molar-refractivity contribution is 7.99. The van der Waals surface area contributed by atoms with Gasteiger partial charge in [0.05, 0.1) is 12.4 Å². The Morgan fingerprint density at radius 2 is 1.03 bits per heavy atom. The van der Waals surface area contributed by atoms with Gasteiger partial charge in [-0.25, -0.2) is 0 Å². The van der Waals surface area contributed by atoms with E-state index < -0.39 is 0 Å². The third-order valence-electron chi connectivity index (χ3n) is 7.47. The Hall–Kier alpha value is -0.960. The second-order valence-corrected chi connectivity index (χ2v) is 14.4. The Balaban J connectivity index is 2.04. The van der Waals surface area contributed by atoms with Crippen molar-refractivity contribution in [2.24, 2.45) is 0 Å². The molecule has 0 atom stereocenters. The maximum Gasteiger partial charge on any atom is 0.315 e. The predicted molar refractivity (Wildman–Crippen MR) is 171 cm³/mol. The van der Waals surface area contributed by atoms with E-state index in [4.69, 9.17) is 4.74 Å². The zero-order valence-corrected chi connectivity index (χ0v) is 27.2. The van der Waals surface area contributed by atoms with Crippen LogP contribution in [-0.4, -0.2) is 18.3 Å². The molecule has 0 N–H and O–H groups in total. The van der Waals surface area contributed by atoms with E-state index in [2.05, 4.69) is 66.7 Å². The van der Waals surface area contributed by atoms with Gasteiger partial charge in [0, 0.05) is 5.75 Å². The number of thioether (sulfide) groups is 1. The number of hydrogen-bond donors (Lipinski definition) is 0. The normalized spacial score (nSPS) is 12.2. The van der Waals surface area contributed by atoms with Crippen LogP contribution in [0, 0.1) is 0 Å². The zero-order chi connectivity index (χ0) is 28.3. The summed E-state index contributed by atoms with van der Waals surface area (Å²) in [5.41, 5.74) is 4.27. The highest BCUT2D eigenvalue weighted by Gasteiger charge is 2.20. The molecule has 0 saturated carbocycles. The van der Waals surface area contributed by atoms with Crippen LogP contribution in [0.15, 0.2) is 18.2 Å². The van der Waals surface area contributed by atoms with Crippen molar-refractivity contribution in [1.29, 1.82) is 0 Å². The monoisotopic (exact) mass is 546 g/mol. The maximum absolute atomic E-state index is 12.2. The quantitative estimate of drug-likeness (QED) is 0.113. The molecule has 0 heterocycles. The van der Waals surface area contributed by atoms with E-state index in [0.29, 0.717) is 12.4 Å². The highest BCUT2D eigenvalue weighted by atomic mass is 32.2. The van der Waals surface area contributed by atoms with Crippen LogP contribution >= 0.6 is 11.8 Å². The molecular weight excluding hydrogens is 484 g/mol. The maximum atomic E-state index is 12.2. The van der Waals surface area contributed by atoms with Crippen LogP contribution in [0.3, 0.4) is 0 Å². The molecule has 0 aliphatic heterocycles. The van der Waals surface area contributed by atoms with Crippen LogP contribution in [0.4, 0.5) is 0 Å². The third kappa shape index (κ3) is 17.6. The third-order valence-corrected chi connectivity index (χ3v) is 8.45. The molecule has 0 spiro atoms. The molecule has 2 nitrogen and oxygen atoms in total. The number of ether oxygens (including phenoxy) is 1. The van der Waals surface area contributed by atoms with Crippen molar-refractivity contribution in [3.05, 3.63) is 34.9 Å².